The van der Waals surface area contributed by atoms with Crippen molar-refractivity contribution >= 4 is 40.9 Å². The molecule has 2 aliphatic rings. The fourth-order valence-corrected chi connectivity index (χ4v) is 4.60. The van der Waals surface area contributed by atoms with E-state index in [0.717, 1.165) is 25.4 Å². The van der Waals surface area contributed by atoms with Crippen LogP contribution in [0.15, 0.2) is 18.2 Å². The maximum Gasteiger partial charge on any atom is 0.253 e. The van der Waals surface area contributed by atoms with Crippen LogP contribution in [0.25, 0.3) is 0 Å². The fraction of sp³-hybridized carbons (Fsp3) is 0.550. The normalized spacial score (nSPS) is 21.6. The first-order valence-corrected chi connectivity index (χ1v) is 10.5. The van der Waals surface area contributed by atoms with Gasteiger partial charge in [0.15, 0.2) is 0 Å². The molecule has 152 valence electrons. The van der Waals surface area contributed by atoms with Gasteiger partial charge in [0, 0.05) is 18.1 Å². The highest BCUT2D eigenvalue weighted by atomic mass is 35.5. The molecule has 0 radical (unpaired) electrons. The Balaban J connectivity index is 1.40. The van der Waals surface area contributed by atoms with Crippen LogP contribution in [0.3, 0.4) is 0 Å². The molecule has 28 heavy (non-hydrogen) atoms. The predicted octanol–water partition coefficient (Wildman–Crippen LogP) is 2.88. The Morgan fingerprint density at radius 3 is 2.50 bits per heavy atom. The van der Waals surface area contributed by atoms with Gasteiger partial charge in [0.1, 0.15) is 0 Å². The molecule has 6 nitrogen and oxygen atoms in total. The summed E-state index contributed by atoms with van der Waals surface area (Å²) in [6.07, 6.45) is 6.08. The molecule has 1 saturated heterocycles. The molecule has 0 aromatic heterocycles. The van der Waals surface area contributed by atoms with E-state index in [2.05, 4.69) is 10.6 Å². The molecular formula is C20H25Cl2N3O3. The van der Waals surface area contributed by atoms with Crippen molar-refractivity contribution in [1.29, 1.82) is 0 Å². The number of piperidine rings is 1. The average molecular weight is 426 g/mol. The molecule has 0 unspecified atom stereocenters. The standard InChI is InChI=1S/C20H25Cl2N3O3/c21-15-5-6-16(17(22)9-15)20(28)24-10-18(26)23-11-19(27)25-8-7-13-3-1-2-4-14(13)12-25/h5-6,9,13-14H,1-4,7-8,10-12H2,(H,23,26)(H,24,28)/t13-,14-/m1/s1. The SMILES string of the molecule is O=C(CNC(=O)c1ccc(Cl)cc1Cl)NCC(=O)N1CC[C@H]2CCCC[C@@H]2C1. The van der Waals surface area contributed by atoms with Crippen molar-refractivity contribution in [2.45, 2.75) is 32.1 Å². The third-order valence-corrected chi connectivity index (χ3v) is 6.21. The van der Waals surface area contributed by atoms with Crippen LogP contribution in [0.1, 0.15) is 42.5 Å². The number of likely N-dealkylation sites (tertiary alicyclic amines) is 1. The van der Waals surface area contributed by atoms with Gasteiger partial charge in [-0.05, 0) is 42.9 Å². The van der Waals surface area contributed by atoms with E-state index in [9.17, 15) is 14.4 Å². The van der Waals surface area contributed by atoms with Crippen molar-refractivity contribution in [2.24, 2.45) is 11.8 Å². The fourth-order valence-electron chi connectivity index (χ4n) is 4.11. The lowest BCUT2D eigenvalue weighted by Crippen LogP contribution is -2.49. The van der Waals surface area contributed by atoms with Crippen LogP contribution in [-0.4, -0.2) is 48.8 Å². The van der Waals surface area contributed by atoms with Gasteiger partial charge in [0.05, 0.1) is 23.7 Å². The Hall–Kier alpha value is -1.79. The van der Waals surface area contributed by atoms with Crippen molar-refractivity contribution < 1.29 is 14.4 Å². The van der Waals surface area contributed by atoms with Crippen molar-refractivity contribution in [3.8, 4) is 0 Å². The number of benzene rings is 1. The Labute approximate surface area is 174 Å². The van der Waals surface area contributed by atoms with E-state index >= 15 is 0 Å². The number of fused-ring (bicyclic) bond motifs is 1. The Bertz CT molecular complexity index is 756. The van der Waals surface area contributed by atoms with Crippen LogP contribution in [0.2, 0.25) is 10.0 Å². The van der Waals surface area contributed by atoms with Gasteiger partial charge in [-0.15, -0.1) is 0 Å². The molecule has 0 spiro atoms. The van der Waals surface area contributed by atoms with Gasteiger partial charge in [-0.2, -0.15) is 0 Å². The minimum Gasteiger partial charge on any atom is -0.345 e. The van der Waals surface area contributed by atoms with Crippen molar-refractivity contribution in [3.05, 3.63) is 33.8 Å². The quantitative estimate of drug-likeness (QED) is 0.760. The van der Waals surface area contributed by atoms with Gasteiger partial charge in [0.25, 0.3) is 5.91 Å². The van der Waals surface area contributed by atoms with Crippen LogP contribution in [0, 0.1) is 11.8 Å². The lowest BCUT2D eigenvalue weighted by Gasteiger charge is -2.41. The van der Waals surface area contributed by atoms with Crippen molar-refractivity contribution in [1.82, 2.24) is 15.5 Å². The number of halogens is 2. The minimum absolute atomic E-state index is 0.0478. The molecular weight excluding hydrogens is 401 g/mol. The average Bonchev–Trinajstić information content (AvgIpc) is 2.69. The van der Waals surface area contributed by atoms with Crippen LogP contribution < -0.4 is 10.6 Å². The van der Waals surface area contributed by atoms with Crippen LogP contribution in [-0.2, 0) is 9.59 Å². The third-order valence-electron chi connectivity index (χ3n) is 5.67. The molecule has 1 aliphatic carbocycles. The highest BCUT2D eigenvalue weighted by Gasteiger charge is 2.32. The molecule has 1 heterocycles. The van der Waals surface area contributed by atoms with Gasteiger partial charge < -0.3 is 15.5 Å². The summed E-state index contributed by atoms with van der Waals surface area (Å²) >= 11 is 11.8. The van der Waals surface area contributed by atoms with E-state index < -0.39 is 11.8 Å². The first-order valence-electron chi connectivity index (χ1n) is 9.71. The number of amides is 3. The minimum atomic E-state index is -0.470. The zero-order valence-corrected chi connectivity index (χ0v) is 17.2. The number of carbonyl (C=O) groups is 3. The second-order valence-electron chi connectivity index (χ2n) is 7.52. The monoisotopic (exact) mass is 425 g/mol. The molecule has 0 bridgehead atoms. The lowest BCUT2D eigenvalue weighted by atomic mass is 9.75. The van der Waals surface area contributed by atoms with Crippen LogP contribution in [0.4, 0.5) is 0 Å². The predicted molar refractivity (Wildman–Crippen MR) is 108 cm³/mol. The molecule has 1 aromatic rings. The third kappa shape index (κ3) is 5.39. The summed E-state index contributed by atoms with van der Waals surface area (Å²) < 4.78 is 0. The van der Waals surface area contributed by atoms with E-state index in [-0.39, 0.29) is 29.6 Å². The smallest absolute Gasteiger partial charge is 0.253 e. The molecule has 2 fully saturated rings. The van der Waals surface area contributed by atoms with Gasteiger partial charge in [0.2, 0.25) is 11.8 Å². The molecule has 1 aliphatic heterocycles. The second-order valence-corrected chi connectivity index (χ2v) is 8.36. The van der Waals surface area contributed by atoms with E-state index in [1.54, 1.807) is 6.07 Å². The number of nitrogens with zero attached hydrogens (tertiary/aromatic N) is 1. The molecule has 3 rings (SSSR count). The second kappa shape index (κ2) is 9.61. The van der Waals surface area contributed by atoms with E-state index in [1.807, 2.05) is 4.90 Å². The Morgan fingerprint density at radius 1 is 1.00 bits per heavy atom. The van der Waals surface area contributed by atoms with E-state index in [1.165, 1.54) is 37.8 Å². The number of hydrogen-bond donors (Lipinski definition) is 2. The van der Waals surface area contributed by atoms with Crippen LogP contribution in [0.5, 0.6) is 0 Å². The zero-order valence-electron chi connectivity index (χ0n) is 15.7. The first kappa shape index (κ1) is 20.9. The molecule has 1 saturated carbocycles. The molecule has 2 atom stereocenters. The summed E-state index contributed by atoms with van der Waals surface area (Å²) in [5.41, 5.74) is 0.241. The summed E-state index contributed by atoms with van der Waals surface area (Å²) in [5.74, 6) is 0.402. The summed E-state index contributed by atoms with van der Waals surface area (Å²) in [6, 6.07) is 4.51. The zero-order chi connectivity index (χ0) is 20.1. The maximum atomic E-state index is 12.4. The summed E-state index contributed by atoms with van der Waals surface area (Å²) in [4.78, 5) is 38.4. The molecule has 1 aromatic carbocycles. The molecule has 2 N–H and O–H groups in total. The van der Waals surface area contributed by atoms with E-state index in [4.69, 9.17) is 23.2 Å². The number of nitrogens with one attached hydrogen (secondary N) is 2. The summed E-state index contributed by atoms with van der Waals surface area (Å²) in [5, 5.41) is 5.72. The number of carbonyl (C=O) groups excluding carboxylic acids is 3. The topological polar surface area (TPSA) is 78.5 Å². The number of hydrogen-bond acceptors (Lipinski definition) is 3. The molecule has 3 amide bonds. The summed E-state index contributed by atoms with van der Waals surface area (Å²) in [7, 11) is 0. The van der Waals surface area contributed by atoms with Crippen molar-refractivity contribution in [2.75, 3.05) is 26.2 Å². The van der Waals surface area contributed by atoms with Crippen molar-refractivity contribution in [3.63, 3.8) is 0 Å². The van der Waals surface area contributed by atoms with Gasteiger partial charge in [-0.3, -0.25) is 14.4 Å². The van der Waals surface area contributed by atoms with Gasteiger partial charge >= 0.3 is 0 Å². The lowest BCUT2D eigenvalue weighted by molar-refractivity contribution is -0.135. The highest BCUT2D eigenvalue weighted by molar-refractivity contribution is 6.36. The number of rotatable bonds is 5. The largest absolute Gasteiger partial charge is 0.345 e. The summed E-state index contributed by atoms with van der Waals surface area (Å²) in [6.45, 7) is 1.29. The van der Waals surface area contributed by atoms with E-state index in [0.29, 0.717) is 10.9 Å². The Morgan fingerprint density at radius 2 is 1.75 bits per heavy atom. The van der Waals surface area contributed by atoms with Gasteiger partial charge in [-0.1, -0.05) is 42.5 Å². The van der Waals surface area contributed by atoms with Gasteiger partial charge in [-0.25, -0.2) is 0 Å². The first-order chi connectivity index (χ1) is 13.4. The maximum absolute atomic E-state index is 12.4. The Kier molecular flexibility index (Phi) is 7.18. The molecule has 8 heteroatoms. The van der Waals surface area contributed by atoms with Crippen LogP contribution >= 0.6 is 23.2 Å². The highest BCUT2D eigenvalue weighted by Crippen LogP contribution is 2.35.